The predicted molar refractivity (Wildman–Crippen MR) is 80.7 cm³/mol. The summed E-state index contributed by atoms with van der Waals surface area (Å²) in [7, 11) is -3.88. The molecule has 4 nitrogen and oxygen atoms in total. The molecule has 0 saturated heterocycles. The van der Waals surface area contributed by atoms with Crippen LogP contribution in [0.25, 0.3) is 0 Å². The maximum absolute atomic E-state index is 13.6. The number of hydrogen-bond acceptors (Lipinski definition) is 3. The molecule has 0 aliphatic carbocycles. The number of nitrogens with zero attached hydrogens (tertiary/aromatic N) is 1. The smallest absolute Gasteiger partial charge is 0.261 e. The number of sulfonamides is 1. The van der Waals surface area contributed by atoms with E-state index in [1.807, 2.05) is 6.07 Å². The van der Waals surface area contributed by atoms with Gasteiger partial charge < -0.3 is 0 Å². The van der Waals surface area contributed by atoms with Gasteiger partial charge in [-0.2, -0.15) is 5.26 Å². The summed E-state index contributed by atoms with van der Waals surface area (Å²) in [5, 5.41) is 8.57. The number of anilines is 1. The van der Waals surface area contributed by atoms with Crippen LogP contribution in [0.4, 0.5) is 10.1 Å². The largest absolute Gasteiger partial charge is 0.277 e. The van der Waals surface area contributed by atoms with Gasteiger partial charge in [0, 0.05) is 4.47 Å². The monoisotopic (exact) mass is 368 g/mol. The fraction of sp³-hybridized carbons (Fsp3) is 0.0714. The Balaban J connectivity index is 2.30. The Hall–Kier alpha value is -1.91. The van der Waals surface area contributed by atoms with Crippen molar-refractivity contribution in [1.29, 1.82) is 5.26 Å². The number of nitriles is 1. The molecule has 0 aliphatic heterocycles. The van der Waals surface area contributed by atoms with E-state index in [1.54, 1.807) is 12.1 Å². The van der Waals surface area contributed by atoms with Crippen LogP contribution >= 0.6 is 15.9 Å². The maximum atomic E-state index is 13.6. The molecule has 0 atom stereocenters. The highest BCUT2D eigenvalue weighted by Gasteiger charge is 2.16. The van der Waals surface area contributed by atoms with E-state index in [-0.39, 0.29) is 17.0 Å². The Bertz CT molecular complexity index is 799. The fourth-order valence-corrected chi connectivity index (χ4v) is 3.08. The third kappa shape index (κ3) is 3.80. The van der Waals surface area contributed by atoms with Crippen molar-refractivity contribution in [2.75, 3.05) is 4.72 Å². The summed E-state index contributed by atoms with van der Waals surface area (Å²) in [6, 6.07) is 11.8. The van der Waals surface area contributed by atoms with Gasteiger partial charge in [0.15, 0.2) is 0 Å². The summed E-state index contributed by atoms with van der Waals surface area (Å²) in [6.07, 6.45) is 0.202. The summed E-state index contributed by atoms with van der Waals surface area (Å²) in [5.74, 6) is -0.664. The SMILES string of the molecule is N#CCc1ccc(S(=O)(=O)Nc2cc(Br)ccc2F)cc1. The van der Waals surface area contributed by atoms with Crippen LogP contribution < -0.4 is 4.72 Å². The predicted octanol–water partition coefficient (Wildman–Crippen LogP) is 3.46. The molecule has 7 heteroatoms. The van der Waals surface area contributed by atoms with Crippen molar-refractivity contribution < 1.29 is 12.8 Å². The summed E-state index contributed by atoms with van der Waals surface area (Å²) in [5.41, 5.74) is 0.579. The molecule has 0 radical (unpaired) electrons. The second-order valence-electron chi connectivity index (χ2n) is 4.21. The van der Waals surface area contributed by atoms with Crippen molar-refractivity contribution in [1.82, 2.24) is 0 Å². The van der Waals surface area contributed by atoms with E-state index in [2.05, 4.69) is 20.7 Å². The molecule has 0 amide bonds. The Morgan fingerprint density at radius 3 is 2.48 bits per heavy atom. The van der Waals surface area contributed by atoms with Gasteiger partial charge in [-0.25, -0.2) is 12.8 Å². The zero-order valence-corrected chi connectivity index (χ0v) is 13.1. The maximum Gasteiger partial charge on any atom is 0.261 e. The zero-order valence-electron chi connectivity index (χ0n) is 10.7. The van der Waals surface area contributed by atoms with E-state index in [4.69, 9.17) is 5.26 Å². The normalized spacial score (nSPS) is 10.9. The Morgan fingerprint density at radius 1 is 1.19 bits per heavy atom. The Kier molecular flexibility index (Phi) is 4.60. The molecule has 0 bridgehead atoms. The first-order valence-electron chi connectivity index (χ1n) is 5.86. The van der Waals surface area contributed by atoms with E-state index in [1.165, 1.54) is 24.3 Å². The van der Waals surface area contributed by atoms with E-state index in [9.17, 15) is 12.8 Å². The zero-order chi connectivity index (χ0) is 15.5. The Morgan fingerprint density at radius 2 is 1.86 bits per heavy atom. The van der Waals surface area contributed by atoms with Crippen molar-refractivity contribution in [3.8, 4) is 6.07 Å². The van der Waals surface area contributed by atoms with E-state index >= 15 is 0 Å². The van der Waals surface area contributed by atoms with E-state index in [0.717, 1.165) is 6.07 Å². The number of benzene rings is 2. The van der Waals surface area contributed by atoms with Crippen LogP contribution in [0.15, 0.2) is 51.8 Å². The van der Waals surface area contributed by atoms with Crippen LogP contribution in [0.2, 0.25) is 0 Å². The molecule has 0 heterocycles. The van der Waals surface area contributed by atoms with Crippen LogP contribution in [0, 0.1) is 17.1 Å². The van der Waals surface area contributed by atoms with Gasteiger partial charge in [-0.3, -0.25) is 4.72 Å². The van der Waals surface area contributed by atoms with Crippen LogP contribution in [-0.2, 0) is 16.4 Å². The number of rotatable bonds is 4. The first-order chi connectivity index (χ1) is 9.92. The molecule has 0 unspecified atom stereocenters. The van der Waals surface area contributed by atoms with Crippen LogP contribution in [0.5, 0.6) is 0 Å². The summed E-state index contributed by atoms with van der Waals surface area (Å²) >= 11 is 3.15. The molecular weight excluding hydrogens is 359 g/mol. The second kappa shape index (κ2) is 6.24. The van der Waals surface area contributed by atoms with Crippen molar-refractivity contribution in [2.24, 2.45) is 0 Å². The summed E-state index contributed by atoms with van der Waals surface area (Å²) < 4.78 is 40.7. The molecular formula is C14H10BrFN2O2S. The second-order valence-corrected chi connectivity index (χ2v) is 6.81. The van der Waals surface area contributed by atoms with Crippen molar-refractivity contribution in [2.45, 2.75) is 11.3 Å². The quantitative estimate of drug-likeness (QED) is 0.898. The van der Waals surface area contributed by atoms with Gasteiger partial charge in [-0.05, 0) is 35.9 Å². The van der Waals surface area contributed by atoms with Gasteiger partial charge in [0.2, 0.25) is 0 Å². The molecule has 2 aromatic rings. The minimum absolute atomic E-state index is 0.00330. The van der Waals surface area contributed by atoms with Gasteiger partial charge in [0.25, 0.3) is 10.0 Å². The van der Waals surface area contributed by atoms with Gasteiger partial charge in [0.05, 0.1) is 23.1 Å². The summed E-state index contributed by atoms with van der Waals surface area (Å²) in [6.45, 7) is 0. The molecule has 0 aromatic heterocycles. The van der Waals surface area contributed by atoms with Crippen LogP contribution in [0.1, 0.15) is 5.56 Å². The lowest BCUT2D eigenvalue weighted by Gasteiger charge is -2.09. The molecule has 0 spiro atoms. The molecule has 0 saturated carbocycles. The molecule has 2 aromatic carbocycles. The Labute approximate surface area is 130 Å². The third-order valence-electron chi connectivity index (χ3n) is 2.69. The number of nitrogens with one attached hydrogen (secondary N) is 1. The van der Waals surface area contributed by atoms with E-state index in [0.29, 0.717) is 10.0 Å². The molecule has 1 N–H and O–H groups in total. The first-order valence-corrected chi connectivity index (χ1v) is 8.14. The van der Waals surface area contributed by atoms with Crippen molar-refractivity contribution in [3.05, 3.63) is 58.3 Å². The van der Waals surface area contributed by atoms with Crippen LogP contribution in [0.3, 0.4) is 0 Å². The minimum atomic E-state index is -3.88. The van der Waals surface area contributed by atoms with Crippen molar-refractivity contribution in [3.63, 3.8) is 0 Å². The van der Waals surface area contributed by atoms with E-state index < -0.39 is 15.8 Å². The summed E-state index contributed by atoms with van der Waals surface area (Å²) in [4.78, 5) is 0.00330. The third-order valence-corrected chi connectivity index (χ3v) is 4.56. The highest BCUT2D eigenvalue weighted by Crippen LogP contribution is 2.23. The van der Waals surface area contributed by atoms with Gasteiger partial charge in [0.1, 0.15) is 5.82 Å². The molecule has 0 fully saturated rings. The average molecular weight is 369 g/mol. The first kappa shape index (κ1) is 15.5. The fourth-order valence-electron chi connectivity index (χ4n) is 1.66. The molecule has 21 heavy (non-hydrogen) atoms. The lowest BCUT2D eigenvalue weighted by Crippen LogP contribution is -2.14. The van der Waals surface area contributed by atoms with Gasteiger partial charge in [-0.1, -0.05) is 28.1 Å². The molecule has 108 valence electrons. The van der Waals surface area contributed by atoms with Gasteiger partial charge in [-0.15, -0.1) is 0 Å². The van der Waals surface area contributed by atoms with Crippen LogP contribution in [-0.4, -0.2) is 8.42 Å². The lowest BCUT2D eigenvalue weighted by atomic mass is 10.2. The standard InChI is InChI=1S/C14H10BrFN2O2S/c15-11-3-6-13(16)14(9-11)18-21(19,20)12-4-1-10(2-5-12)7-8-17/h1-6,9,18H,7H2. The minimum Gasteiger partial charge on any atom is -0.277 e. The number of halogens is 2. The number of hydrogen-bond donors (Lipinski definition) is 1. The van der Waals surface area contributed by atoms with Crippen molar-refractivity contribution >= 4 is 31.6 Å². The molecule has 0 aliphatic rings. The molecule has 2 rings (SSSR count). The lowest BCUT2D eigenvalue weighted by molar-refractivity contribution is 0.598. The average Bonchev–Trinajstić information content (AvgIpc) is 2.44. The highest BCUT2D eigenvalue weighted by molar-refractivity contribution is 9.10. The highest BCUT2D eigenvalue weighted by atomic mass is 79.9. The topological polar surface area (TPSA) is 70.0 Å². The van der Waals surface area contributed by atoms with Gasteiger partial charge >= 0.3 is 0 Å².